The summed E-state index contributed by atoms with van der Waals surface area (Å²) in [6.45, 7) is 1.94. The van der Waals surface area contributed by atoms with Crippen LogP contribution in [0.1, 0.15) is 29.3 Å². The van der Waals surface area contributed by atoms with Gasteiger partial charge in [0.15, 0.2) is 5.13 Å². The van der Waals surface area contributed by atoms with Crippen LogP contribution in [-0.4, -0.2) is 49.3 Å². The molecule has 4 aromatic carbocycles. The molecule has 1 atom stereocenters. The van der Waals surface area contributed by atoms with Gasteiger partial charge >= 0.3 is 0 Å². The molecule has 246 valence electrons. The summed E-state index contributed by atoms with van der Waals surface area (Å²) >= 11 is 2.76. The molecule has 3 amide bonds. The summed E-state index contributed by atoms with van der Waals surface area (Å²) in [7, 11) is 4.66. The number of benzene rings is 4. The fraction of sp³-hybridized carbons (Fsp3) is 0.167. The predicted octanol–water partition coefficient (Wildman–Crippen LogP) is 7.24. The van der Waals surface area contributed by atoms with E-state index in [0.29, 0.717) is 39.9 Å². The Labute approximate surface area is 286 Å². The monoisotopic (exact) mass is 682 g/mol. The Balaban J connectivity index is 1.33. The topological polar surface area (TPSA) is 128 Å². The predicted molar refractivity (Wildman–Crippen MR) is 191 cm³/mol. The number of aromatic nitrogens is 1. The van der Waals surface area contributed by atoms with Crippen LogP contribution in [0.15, 0.2) is 102 Å². The van der Waals surface area contributed by atoms with E-state index in [0.717, 1.165) is 20.9 Å². The van der Waals surface area contributed by atoms with Gasteiger partial charge in [-0.05, 0) is 79.2 Å². The molecule has 0 aliphatic carbocycles. The Morgan fingerprint density at radius 2 is 1.60 bits per heavy atom. The molecule has 1 heterocycles. The van der Waals surface area contributed by atoms with Crippen LogP contribution < -0.4 is 30.2 Å². The number of hydrogen-bond acceptors (Lipinski definition) is 9. The second kappa shape index (κ2) is 16.0. The normalized spacial score (nSPS) is 11.8. The first-order chi connectivity index (χ1) is 23.3. The van der Waals surface area contributed by atoms with E-state index < -0.39 is 17.1 Å². The third-order valence-corrected chi connectivity index (χ3v) is 9.42. The Hall–Kier alpha value is -5.33. The van der Waals surface area contributed by atoms with Crippen LogP contribution in [0, 0.1) is 0 Å². The fourth-order valence-electron chi connectivity index (χ4n) is 4.65. The van der Waals surface area contributed by atoms with Gasteiger partial charge in [-0.3, -0.25) is 14.4 Å². The molecule has 3 N–H and O–H groups in total. The largest absolute Gasteiger partial charge is 0.497 e. The number of thioether (sulfide) groups is 1. The molecule has 0 aliphatic rings. The lowest BCUT2D eigenvalue weighted by atomic mass is 10.1. The van der Waals surface area contributed by atoms with Crippen LogP contribution in [0.25, 0.3) is 16.3 Å². The fourth-order valence-corrected chi connectivity index (χ4v) is 6.56. The zero-order valence-corrected chi connectivity index (χ0v) is 28.4. The number of carbonyl (C=O) groups excluding carboxylic acids is 3. The van der Waals surface area contributed by atoms with Gasteiger partial charge in [0.2, 0.25) is 5.91 Å². The van der Waals surface area contributed by atoms with Crippen LogP contribution in [0.2, 0.25) is 0 Å². The molecule has 0 saturated heterocycles. The highest BCUT2D eigenvalue weighted by Crippen LogP contribution is 2.32. The van der Waals surface area contributed by atoms with Crippen molar-refractivity contribution in [1.82, 2.24) is 10.3 Å². The van der Waals surface area contributed by atoms with Crippen molar-refractivity contribution in [2.75, 3.05) is 32.0 Å². The lowest BCUT2D eigenvalue weighted by Gasteiger charge is -2.15. The van der Waals surface area contributed by atoms with Crippen molar-refractivity contribution in [3.05, 3.63) is 108 Å². The van der Waals surface area contributed by atoms with Crippen molar-refractivity contribution in [3.63, 3.8) is 0 Å². The molecule has 5 aromatic rings. The van der Waals surface area contributed by atoms with E-state index in [4.69, 9.17) is 14.2 Å². The van der Waals surface area contributed by atoms with Gasteiger partial charge in [0.1, 0.15) is 22.9 Å². The van der Waals surface area contributed by atoms with E-state index >= 15 is 0 Å². The molecule has 12 heteroatoms. The van der Waals surface area contributed by atoms with Crippen LogP contribution in [-0.2, 0) is 9.59 Å². The third kappa shape index (κ3) is 8.52. The second-order valence-corrected chi connectivity index (χ2v) is 12.6. The minimum atomic E-state index is -0.552. The molecule has 1 unspecified atom stereocenters. The molecule has 0 spiro atoms. The van der Waals surface area contributed by atoms with E-state index in [2.05, 4.69) is 20.9 Å². The first-order valence-electron chi connectivity index (χ1n) is 14.9. The SMILES string of the molecule is CCC(Sc1cccc(NC(=O)/C(=C\c2cc(OC)ccc2OC)NC(=O)c2ccccc2)c1)C(=O)Nc1nc2ccc(OC)cc2s1. The zero-order chi connectivity index (χ0) is 34.0. The molecule has 0 bridgehead atoms. The first-order valence-corrected chi connectivity index (χ1v) is 16.6. The highest BCUT2D eigenvalue weighted by molar-refractivity contribution is 8.00. The molecule has 5 rings (SSSR count). The second-order valence-electron chi connectivity index (χ2n) is 10.3. The Morgan fingerprint density at radius 3 is 2.33 bits per heavy atom. The summed E-state index contributed by atoms with van der Waals surface area (Å²) in [6, 6.07) is 26.5. The van der Waals surface area contributed by atoms with E-state index in [1.165, 1.54) is 43.4 Å². The lowest BCUT2D eigenvalue weighted by molar-refractivity contribution is -0.116. The van der Waals surface area contributed by atoms with Gasteiger partial charge in [0, 0.05) is 21.7 Å². The highest BCUT2D eigenvalue weighted by atomic mass is 32.2. The minimum absolute atomic E-state index is 0.00673. The van der Waals surface area contributed by atoms with E-state index in [1.807, 2.05) is 31.2 Å². The average molecular weight is 683 g/mol. The molecule has 0 aliphatic heterocycles. The standard InChI is InChI=1S/C36H34N4O6S2/c1-5-31(35(43)40-36-39-28-16-14-26(45-3)21-32(28)48-36)47-27-13-9-12-24(20-27)37-34(42)29(38-33(41)22-10-7-6-8-11-22)19-23-18-25(44-2)15-17-30(23)46-4/h6-21,31H,5H2,1-4H3,(H,37,42)(H,38,41)(H,39,40,43)/b29-19+. The molecule has 1 aromatic heterocycles. The number of amides is 3. The van der Waals surface area contributed by atoms with Crippen LogP contribution >= 0.6 is 23.1 Å². The van der Waals surface area contributed by atoms with Gasteiger partial charge in [-0.1, -0.05) is 42.5 Å². The molecule has 0 radical (unpaired) electrons. The number of anilines is 2. The van der Waals surface area contributed by atoms with Crippen molar-refractivity contribution >= 4 is 67.9 Å². The Bertz CT molecular complexity index is 1960. The van der Waals surface area contributed by atoms with E-state index in [-0.39, 0.29) is 11.6 Å². The van der Waals surface area contributed by atoms with E-state index in [1.54, 1.807) is 73.8 Å². The number of nitrogens with one attached hydrogen (secondary N) is 3. The maximum Gasteiger partial charge on any atom is 0.272 e. The average Bonchev–Trinajstić information content (AvgIpc) is 3.52. The summed E-state index contributed by atoms with van der Waals surface area (Å²) in [5, 5.41) is 8.66. The van der Waals surface area contributed by atoms with Crippen molar-refractivity contribution in [1.29, 1.82) is 0 Å². The highest BCUT2D eigenvalue weighted by Gasteiger charge is 2.21. The van der Waals surface area contributed by atoms with Gasteiger partial charge in [-0.25, -0.2) is 4.98 Å². The third-order valence-electron chi connectivity index (χ3n) is 7.12. The Kier molecular flexibility index (Phi) is 11.3. The molecule has 0 saturated carbocycles. The summed E-state index contributed by atoms with van der Waals surface area (Å²) in [6.07, 6.45) is 2.10. The summed E-state index contributed by atoms with van der Waals surface area (Å²) in [5.41, 5.74) is 2.18. The molecular weight excluding hydrogens is 649 g/mol. The van der Waals surface area contributed by atoms with Gasteiger partial charge in [0.05, 0.1) is 36.8 Å². The minimum Gasteiger partial charge on any atom is -0.497 e. The maximum absolute atomic E-state index is 13.7. The van der Waals surface area contributed by atoms with Crippen molar-refractivity contribution in [3.8, 4) is 17.2 Å². The molecule has 0 fully saturated rings. The number of methoxy groups -OCH3 is 3. The molecule has 48 heavy (non-hydrogen) atoms. The number of nitrogens with zero attached hydrogens (tertiary/aromatic N) is 1. The number of hydrogen-bond donors (Lipinski definition) is 3. The number of fused-ring (bicyclic) bond motifs is 1. The smallest absolute Gasteiger partial charge is 0.272 e. The number of carbonyl (C=O) groups is 3. The summed E-state index contributed by atoms with van der Waals surface area (Å²) < 4.78 is 17.0. The molecule has 10 nitrogen and oxygen atoms in total. The van der Waals surface area contributed by atoms with E-state index in [9.17, 15) is 14.4 Å². The van der Waals surface area contributed by atoms with Gasteiger partial charge in [-0.15, -0.1) is 11.8 Å². The van der Waals surface area contributed by atoms with Gasteiger partial charge in [0.25, 0.3) is 11.8 Å². The van der Waals surface area contributed by atoms with Gasteiger partial charge in [-0.2, -0.15) is 0 Å². The number of ether oxygens (including phenoxy) is 3. The van der Waals surface area contributed by atoms with Gasteiger partial charge < -0.3 is 30.2 Å². The summed E-state index contributed by atoms with van der Waals surface area (Å²) in [5.74, 6) is 0.584. The van der Waals surface area contributed by atoms with Crippen LogP contribution in [0.5, 0.6) is 17.2 Å². The lowest BCUT2D eigenvalue weighted by Crippen LogP contribution is -2.30. The van der Waals surface area contributed by atoms with Crippen LogP contribution in [0.4, 0.5) is 10.8 Å². The number of thiazole rings is 1. The first kappa shape index (κ1) is 34.0. The number of rotatable bonds is 13. The maximum atomic E-state index is 13.7. The molecular formula is C36H34N4O6S2. The van der Waals surface area contributed by atoms with Crippen molar-refractivity contribution < 1.29 is 28.6 Å². The quantitative estimate of drug-likeness (QED) is 0.0876. The Morgan fingerprint density at radius 1 is 0.854 bits per heavy atom. The van der Waals surface area contributed by atoms with Crippen molar-refractivity contribution in [2.24, 2.45) is 0 Å². The zero-order valence-electron chi connectivity index (χ0n) is 26.7. The van der Waals surface area contributed by atoms with Crippen molar-refractivity contribution in [2.45, 2.75) is 23.5 Å². The van der Waals surface area contributed by atoms with Crippen LogP contribution in [0.3, 0.4) is 0 Å². The summed E-state index contributed by atoms with van der Waals surface area (Å²) in [4.78, 5) is 45.4.